The van der Waals surface area contributed by atoms with Gasteiger partial charge in [0, 0.05) is 17.6 Å². The van der Waals surface area contributed by atoms with Crippen LogP contribution in [0.4, 0.5) is 0 Å². The van der Waals surface area contributed by atoms with E-state index in [4.69, 9.17) is 0 Å². The molecule has 0 fully saturated rings. The van der Waals surface area contributed by atoms with Crippen LogP contribution in [-0.2, 0) is 11.3 Å². The number of hydrogen-bond acceptors (Lipinski definition) is 3. The lowest BCUT2D eigenvalue weighted by Crippen LogP contribution is -2.36. The molecule has 5 heteroatoms. The standard InChI is InChI=1S/C10H16N2O2S/c1-3-4-8(2)11-9(13)7-12-5-6-15-10(12)14/h5-6,8H,3-4,7H2,1-2H3,(H,11,13). The van der Waals surface area contributed by atoms with E-state index in [2.05, 4.69) is 12.2 Å². The summed E-state index contributed by atoms with van der Waals surface area (Å²) in [5, 5.41) is 4.54. The van der Waals surface area contributed by atoms with E-state index in [0.29, 0.717) is 0 Å². The van der Waals surface area contributed by atoms with Crippen molar-refractivity contribution < 1.29 is 4.79 Å². The molecule has 1 aromatic heterocycles. The highest BCUT2D eigenvalue weighted by Crippen LogP contribution is 1.95. The molecule has 0 aliphatic heterocycles. The van der Waals surface area contributed by atoms with E-state index in [1.165, 1.54) is 4.57 Å². The molecule has 1 rings (SSSR count). The minimum atomic E-state index is -0.101. The monoisotopic (exact) mass is 228 g/mol. The van der Waals surface area contributed by atoms with E-state index in [9.17, 15) is 9.59 Å². The first-order valence-electron chi connectivity index (χ1n) is 5.06. The van der Waals surface area contributed by atoms with Crippen molar-refractivity contribution in [2.45, 2.75) is 39.3 Å². The van der Waals surface area contributed by atoms with Gasteiger partial charge < -0.3 is 5.32 Å². The van der Waals surface area contributed by atoms with Crippen LogP contribution in [-0.4, -0.2) is 16.5 Å². The van der Waals surface area contributed by atoms with E-state index in [-0.39, 0.29) is 23.4 Å². The highest BCUT2D eigenvalue weighted by molar-refractivity contribution is 7.07. The predicted molar refractivity (Wildman–Crippen MR) is 61.1 cm³/mol. The van der Waals surface area contributed by atoms with Gasteiger partial charge in [-0.1, -0.05) is 24.7 Å². The van der Waals surface area contributed by atoms with Crippen LogP contribution >= 0.6 is 11.3 Å². The van der Waals surface area contributed by atoms with Crippen molar-refractivity contribution in [2.75, 3.05) is 0 Å². The van der Waals surface area contributed by atoms with Gasteiger partial charge in [-0.2, -0.15) is 0 Å². The molecule has 1 heterocycles. The fourth-order valence-corrected chi connectivity index (χ4v) is 1.97. The van der Waals surface area contributed by atoms with Gasteiger partial charge in [0.15, 0.2) is 0 Å². The third kappa shape index (κ3) is 3.87. The second-order valence-corrected chi connectivity index (χ2v) is 4.41. The normalized spacial score (nSPS) is 12.4. The lowest BCUT2D eigenvalue weighted by molar-refractivity contribution is -0.122. The Morgan fingerprint density at radius 2 is 2.40 bits per heavy atom. The number of nitrogens with zero attached hydrogens (tertiary/aromatic N) is 1. The maximum Gasteiger partial charge on any atom is 0.307 e. The molecule has 84 valence electrons. The molecule has 1 unspecified atom stereocenters. The summed E-state index contributed by atoms with van der Waals surface area (Å²) in [5.74, 6) is -0.101. The highest BCUT2D eigenvalue weighted by Gasteiger charge is 2.07. The van der Waals surface area contributed by atoms with Gasteiger partial charge in [-0.15, -0.1) is 0 Å². The van der Waals surface area contributed by atoms with Gasteiger partial charge in [0.05, 0.1) is 0 Å². The third-order valence-corrected chi connectivity index (χ3v) is 2.78. The van der Waals surface area contributed by atoms with Crippen molar-refractivity contribution >= 4 is 17.2 Å². The van der Waals surface area contributed by atoms with Crippen LogP contribution in [0.15, 0.2) is 16.4 Å². The average molecular weight is 228 g/mol. The van der Waals surface area contributed by atoms with Crippen LogP contribution in [0.3, 0.4) is 0 Å². The average Bonchev–Trinajstić information content (AvgIpc) is 2.52. The van der Waals surface area contributed by atoms with Crippen LogP contribution in [0.2, 0.25) is 0 Å². The van der Waals surface area contributed by atoms with Gasteiger partial charge in [-0.25, -0.2) is 0 Å². The second-order valence-electron chi connectivity index (χ2n) is 3.55. The van der Waals surface area contributed by atoms with Gasteiger partial charge in [-0.3, -0.25) is 14.2 Å². The highest BCUT2D eigenvalue weighted by atomic mass is 32.1. The van der Waals surface area contributed by atoms with Crippen LogP contribution < -0.4 is 10.2 Å². The SMILES string of the molecule is CCCC(C)NC(=O)Cn1ccsc1=O. The number of amides is 1. The smallest absolute Gasteiger partial charge is 0.307 e. The van der Waals surface area contributed by atoms with E-state index in [1.54, 1.807) is 11.6 Å². The van der Waals surface area contributed by atoms with Crippen molar-refractivity contribution in [3.8, 4) is 0 Å². The third-order valence-electron chi connectivity index (χ3n) is 2.09. The van der Waals surface area contributed by atoms with Crippen LogP contribution in [0, 0.1) is 0 Å². The van der Waals surface area contributed by atoms with Crippen molar-refractivity contribution in [3.63, 3.8) is 0 Å². The maximum atomic E-state index is 11.5. The molecule has 0 radical (unpaired) electrons. The Morgan fingerprint density at radius 3 is 2.93 bits per heavy atom. The van der Waals surface area contributed by atoms with Crippen LogP contribution in [0.25, 0.3) is 0 Å². The Balaban J connectivity index is 2.43. The van der Waals surface area contributed by atoms with E-state index < -0.39 is 0 Å². The second kappa shape index (κ2) is 5.70. The molecule has 1 atom stereocenters. The first kappa shape index (κ1) is 12.0. The Hall–Kier alpha value is -1.10. The van der Waals surface area contributed by atoms with E-state index >= 15 is 0 Å². The maximum absolute atomic E-state index is 11.5. The molecule has 0 bridgehead atoms. The molecule has 0 saturated carbocycles. The first-order valence-corrected chi connectivity index (χ1v) is 5.94. The zero-order valence-electron chi connectivity index (χ0n) is 9.03. The summed E-state index contributed by atoms with van der Waals surface area (Å²) in [4.78, 5) is 22.6. The fourth-order valence-electron chi connectivity index (χ4n) is 1.39. The summed E-state index contributed by atoms with van der Waals surface area (Å²) in [6.07, 6.45) is 3.64. The Bertz CT molecular complexity index is 369. The van der Waals surface area contributed by atoms with Crippen LogP contribution in [0.1, 0.15) is 26.7 Å². The quantitative estimate of drug-likeness (QED) is 0.823. The summed E-state index contributed by atoms with van der Waals surface area (Å²) >= 11 is 1.10. The summed E-state index contributed by atoms with van der Waals surface area (Å²) < 4.78 is 1.42. The molecule has 0 aromatic carbocycles. The molecule has 0 aliphatic rings. The molecule has 0 aliphatic carbocycles. The molecule has 4 nitrogen and oxygen atoms in total. The van der Waals surface area contributed by atoms with Crippen molar-refractivity contribution in [1.29, 1.82) is 0 Å². The predicted octanol–water partition coefficient (Wildman–Crippen LogP) is 1.21. The minimum Gasteiger partial charge on any atom is -0.352 e. The van der Waals surface area contributed by atoms with Gasteiger partial charge in [0.1, 0.15) is 6.54 Å². The zero-order valence-corrected chi connectivity index (χ0v) is 9.84. The molecule has 15 heavy (non-hydrogen) atoms. The molecule has 1 N–H and O–H groups in total. The van der Waals surface area contributed by atoms with Gasteiger partial charge in [0.2, 0.25) is 5.91 Å². The number of thiazole rings is 1. The Labute approximate surface area is 92.9 Å². The number of rotatable bonds is 5. The molecule has 0 saturated heterocycles. The first-order chi connectivity index (χ1) is 7.13. The molecule has 1 amide bonds. The lowest BCUT2D eigenvalue weighted by atomic mass is 10.2. The lowest BCUT2D eigenvalue weighted by Gasteiger charge is -2.12. The Morgan fingerprint density at radius 1 is 1.67 bits per heavy atom. The Kier molecular flexibility index (Phi) is 4.55. The summed E-state index contributed by atoms with van der Waals surface area (Å²) in [5.41, 5.74) is 0. The number of carbonyl (C=O) groups excluding carboxylic acids is 1. The molecular weight excluding hydrogens is 212 g/mol. The van der Waals surface area contributed by atoms with Crippen molar-refractivity contribution in [2.24, 2.45) is 0 Å². The van der Waals surface area contributed by atoms with Gasteiger partial charge in [-0.05, 0) is 13.3 Å². The number of hydrogen-bond donors (Lipinski definition) is 1. The minimum absolute atomic E-state index is 0.0895. The fraction of sp³-hybridized carbons (Fsp3) is 0.600. The van der Waals surface area contributed by atoms with Crippen molar-refractivity contribution in [3.05, 3.63) is 21.2 Å². The number of carbonyl (C=O) groups is 1. The molecule has 1 aromatic rings. The molecular formula is C10H16N2O2S. The topological polar surface area (TPSA) is 51.1 Å². The van der Waals surface area contributed by atoms with E-state index in [1.807, 2.05) is 6.92 Å². The number of nitrogens with one attached hydrogen (secondary N) is 1. The number of aromatic nitrogens is 1. The van der Waals surface area contributed by atoms with E-state index in [0.717, 1.165) is 24.2 Å². The van der Waals surface area contributed by atoms with Crippen molar-refractivity contribution in [1.82, 2.24) is 9.88 Å². The van der Waals surface area contributed by atoms with Crippen LogP contribution in [0.5, 0.6) is 0 Å². The van der Waals surface area contributed by atoms with Gasteiger partial charge in [0.25, 0.3) is 0 Å². The zero-order chi connectivity index (χ0) is 11.3. The molecule has 0 spiro atoms. The van der Waals surface area contributed by atoms with Gasteiger partial charge >= 0.3 is 4.87 Å². The summed E-state index contributed by atoms with van der Waals surface area (Å²) in [7, 11) is 0. The summed E-state index contributed by atoms with van der Waals surface area (Å²) in [6, 6.07) is 0.178. The largest absolute Gasteiger partial charge is 0.352 e. The summed E-state index contributed by atoms with van der Waals surface area (Å²) in [6.45, 7) is 4.17.